The van der Waals surface area contributed by atoms with Crippen LogP contribution in [-0.2, 0) is 9.53 Å². The van der Waals surface area contributed by atoms with E-state index in [-0.39, 0.29) is 18.1 Å². The lowest BCUT2D eigenvalue weighted by Gasteiger charge is -2.28. The van der Waals surface area contributed by atoms with Crippen molar-refractivity contribution in [3.8, 4) is 0 Å². The quantitative estimate of drug-likeness (QED) is 0.553. The summed E-state index contributed by atoms with van der Waals surface area (Å²) >= 11 is 5.70. The molecule has 1 N–H and O–H groups in total. The molecule has 0 radical (unpaired) electrons. The number of pyridine rings is 1. The van der Waals surface area contributed by atoms with Crippen molar-refractivity contribution in [1.29, 1.82) is 0 Å². The largest absolute Gasteiger partial charge is 0.469 e. The van der Waals surface area contributed by atoms with E-state index in [1.165, 1.54) is 49.7 Å². The minimum atomic E-state index is -0.228. The number of aryl methyl sites for hydroxylation is 1. The summed E-state index contributed by atoms with van der Waals surface area (Å²) in [6.45, 7) is 4.93. The van der Waals surface area contributed by atoms with Gasteiger partial charge in [-0.2, -0.15) is 0 Å². The second kappa shape index (κ2) is 8.76. The van der Waals surface area contributed by atoms with Gasteiger partial charge in [0.1, 0.15) is 0 Å². The van der Waals surface area contributed by atoms with E-state index in [0.717, 1.165) is 5.69 Å². The number of hydrogen-bond donors (Lipinski definition) is 1. The lowest BCUT2D eigenvalue weighted by molar-refractivity contribution is -0.140. The van der Waals surface area contributed by atoms with E-state index >= 15 is 0 Å². The van der Waals surface area contributed by atoms with Crippen molar-refractivity contribution in [2.75, 3.05) is 13.7 Å². The van der Waals surface area contributed by atoms with Crippen molar-refractivity contribution in [3.63, 3.8) is 0 Å². The molecule has 0 aromatic carbocycles. The van der Waals surface area contributed by atoms with Gasteiger partial charge in [0, 0.05) is 30.2 Å². The van der Waals surface area contributed by atoms with E-state index in [4.69, 9.17) is 17.0 Å². The average Bonchev–Trinajstić information content (AvgIpc) is 3.45. The van der Waals surface area contributed by atoms with Gasteiger partial charge in [-0.15, -0.1) is 0 Å². The first-order valence-electron chi connectivity index (χ1n) is 10.7. The van der Waals surface area contributed by atoms with Gasteiger partial charge in [-0.05, 0) is 62.7 Å². The fraction of sp³-hybridized carbons (Fsp3) is 0.522. The van der Waals surface area contributed by atoms with Crippen molar-refractivity contribution < 1.29 is 9.53 Å². The van der Waals surface area contributed by atoms with Crippen LogP contribution in [0.5, 0.6) is 0 Å². The zero-order valence-corrected chi connectivity index (χ0v) is 18.7. The molecule has 1 saturated carbocycles. The van der Waals surface area contributed by atoms with Gasteiger partial charge in [0.15, 0.2) is 5.11 Å². The topological polar surface area (TPSA) is 59.4 Å². The second-order valence-corrected chi connectivity index (χ2v) is 8.67. The molecule has 2 aliphatic rings. The first-order chi connectivity index (χ1) is 14.5. The number of thiocarbonyl (C=S) groups is 1. The number of carbonyl (C=O) groups excluding carboxylic acids is 1. The van der Waals surface area contributed by atoms with Crippen LogP contribution in [0.4, 0.5) is 0 Å². The van der Waals surface area contributed by atoms with Crippen LogP contribution in [0.15, 0.2) is 30.5 Å². The Morgan fingerprint density at radius 3 is 2.73 bits per heavy atom. The highest BCUT2D eigenvalue weighted by atomic mass is 32.1. The fourth-order valence-electron chi connectivity index (χ4n) is 5.12. The highest BCUT2D eigenvalue weighted by molar-refractivity contribution is 7.80. The molecule has 1 aliphatic carbocycles. The third-order valence-corrected chi connectivity index (χ3v) is 6.87. The number of hydrogen-bond acceptors (Lipinski definition) is 4. The maximum Gasteiger partial charge on any atom is 0.307 e. The Hall–Kier alpha value is -2.41. The number of esters is 1. The molecular formula is C23H30N4O2S. The van der Waals surface area contributed by atoms with Crippen LogP contribution in [0.1, 0.15) is 72.9 Å². The molecule has 6 nitrogen and oxygen atoms in total. The molecule has 1 saturated heterocycles. The predicted molar refractivity (Wildman–Crippen MR) is 120 cm³/mol. The smallest absolute Gasteiger partial charge is 0.307 e. The molecule has 30 heavy (non-hydrogen) atoms. The second-order valence-electron chi connectivity index (χ2n) is 8.28. The molecule has 160 valence electrons. The Morgan fingerprint density at radius 1 is 1.30 bits per heavy atom. The molecule has 0 bridgehead atoms. The van der Waals surface area contributed by atoms with E-state index in [9.17, 15) is 4.79 Å². The first kappa shape index (κ1) is 20.8. The fourth-order valence-corrected chi connectivity index (χ4v) is 5.46. The summed E-state index contributed by atoms with van der Waals surface area (Å²) in [6, 6.07) is 8.77. The normalized spacial score (nSPS) is 21.8. The van der Waals surface area contributed by atoms with Crippen molar-refractivity contribution in [1.82, 2.24) is 19.8 Å². The van der Waals surface area contributed by atoms with E-state index in [0.29, 0.717) is 24.1 Å². The zero-order valence-electron chi connectivity index (χ0n) is 17.9. The monoisotopic (exact) mass is 426 g/mol. The summed E-state index contributed by atoms with van der Waals surface area (Å²) in [7, 11) is 1.42. The number of rotatable bonds is 6. The van der Waals surface area contributed by atoms with Gasteiger partial charge < -0.3 is 19.5 Å². The lowest BCUT2D eigenvalue weighted by Crippen LogP contribution is -2.32. The van der Waals surface area contributed by atoms with Gasteiger partial charge in [-0.25, -0.2) is 0 Å². The Labute approximate surface area is 183 Å². The third kappa shape index (κ3) is 3.83. The summed E-state index contributed by atoms with van der Waals surface area (Å²) in [5.74, 6) is -0.228. The summed E-state index contributed by atoms with van der Waals surface area (Å²) in [5.41, 5.74) is 4.79. The predicted octanol–water partition coefficient (Wildman–Crippen LogP) is 4.15. The first-order valence-corrected chi connectivity index (χ1v) is 11.1. The number of ether oxygens (including phenoxy) is 1. The zero-order chi connectivity index (χ0) is 21.3. The maximum atomic E-state index is 11.8. The van der Waals surface area contributed by atoms with E-state index in [2.05, 4.69) is 39.7 Å². The van der Waals surface area contributed by atoms with Crippen molar-refractivity contribution >= 4 is 23.3 Å². The molecule has 7 heteroatoms. The van der Waals surface area contributed by atoms with Crippen LogP contribution in [-0.4, -0.2) is 39.2 Å². The van der Waals surface area contributed by atoms with E-state index in [1.54, 1.807) is 0 Å². The van der Waals surface area contributed by atoms with Gasteiger partial charge in [0.25, 0.3) is 0 Å². The summed E-state index contributed by atoms with van der Waals surface area (Å²) in [4.78, 5) is 18.6. The number of aromatic nitrogens is 2. The van der Waals surface area contributed by atoms with Crippen molar-refractivity contribution in [2.45, 2.75) is 64.1 Å². The molecule has 0 amide bonds. The summed E-state index contributed by atoms with van der Waals surface area (Å²) in [5, 5.41) is 4.13. The number of nitrogens with zero attached hydrogens (tertiary/aromatic N) is 3. The minimum absolute atomic E-state index is 0.0154. The highest BCUT2D eigenvalue weighted by Gasteiger charge is 2.41. The van der Waals surface area contributed by atoms with Crippen LogP contribution < -0.4 is 5.32 Å². The van der Waals surface area contributed by atoms with Crippen LogP contribution in [0.25, 0.3) is 0 Å². The van der Waals surface area contributed by atoms with Gasteiger partial charge in [0.2, 0.25) is 0 Å². The van der Waals surface area contributed by atoms with Gasteiger partial charge >= 0.3 is 5.97 Å². The van der Waals surface area contributed by atoms with Gasteiger partial charge in [-0.1, -0.05) is 18.9 Å². The summed E-state index contributed by atoms with van der Waals surface area (Å²) in [6.07, 6.45) is 7.20. The highest BCUT2D eigenvalue weighted by Crippen LogP contribution is 2.42. The minimum Gasteiger partial charge on any atom is -0.469 e. The van der Waals surface area contributed by atoms with Gasteiger partial charge in [0.05, 0.1) is 31.3 Å². The van der Waals surface area contributed by atoms with Crippen LogP contribution in [0.2, 0.25) is 0 Å². The molecule has 0 unspecified atom stereocenters. The number of carbonyl (C=O) groups is 1. The molecule has 2 aromatic heterocycles. The molecule has 0 spiro atoms. The number of nitrogens with one attached hydrogen (secondary N) is 1. The van der Waals surface area contributed by atoms with Gasteiger partial charge in [-0.3, -0.25) is 9.78 Å². The van der Waals surface area contributed by atoms with Crippen LogP contribution in [0, 0.1) is 13.8 Å². The molecule has 2 fully saturated rings. The van der Waals surface area contributed by atoms with E-state index < -0.39 is 0 Å². The molecule has 3 heterocycles. The molecule has 2 atom stereocenters. The Kier molecular flexibility index (Phi) is 6.09. The average molecular weight is 427 g/mol. The molecule has 4 rings (SSSR count). The summed E-state index contributed by atoms with van der Waals surface area (Å²) < 4.78 is 7.38. The van der Waals surface area contributed by atoms with Crippen LogP contribution in [0.3, 0.4) is 0 Å². The standard InChI is InChI=1S/C23H30N4O2S/c1-15-14-18(16(2)27(15)17-8-4-5-9-17)22-21(19-10-6-7-12-24-19)25-23(30)26(22)13-11-20(28)29-3/h6-7,10,12,14,17,21-22H,4-5,8-9,11,13H2,1-3H3,(H,25,30)/t21-,22+/m0/s1. The van der Waals surface area contributed by atoms with E-state index in [1.807, 2.05) is 24.4 Å². The maximum absolute atomic E-state index is 11.8. The molecule has 1 aliphatic heterocycles. The Bertz CT molecular complexity index is 921. The Balaban J connectivity index is 1.74. The van der Waals surface area contributed by atoms with Crippen LogP contribution >= 0.6 is 12.2 Å². The molecule has 2 aromatic rings. The molecular weight excluding hydrogens is 396 g/mol. The lowest BCUT2D eigenvalue weighted by atomic mass is 9.96. The third-order valence-electron chi connectivity index (χ3n) is 6.51. The van der Waals surface area contributed by atoms with Crippen molar-refractivity contribution in [2.24, 2.45) is 0 Å². The SMILES string of the molecule is COC(=O)CCN1C(=S)N[C@@H](c2ccccn2)[C@H]1c1cc(C)n(C2CCCC2)c1C. The Morgan fingerprint density at radius 2 is 2.07 bits per heavy atom. The number of methoxy groups -OCH3 is 1. The van der Waals surface area contributed by atoms with Crippen molar-refractivity contribution in [3.05, 3.63) is 53.1 Å².